The molecule has 0 radical (unpaired) electrons. The van der Waals surface area contributed by atoms with Crippen LogP contribution in [0, 0.1) is 0 Å². The average Bonchev–Trinajstić information content (AvgIpc) is 3.18. The number of carbonyl (C=O) groups excluding carboxylic acids is 2. The van der Waals surface area contributed by atoms with Gasteiger partial charge in [-0.05, 0) is 32.1 Å². The Morgan fingerprint density at radius 1 is 0.569 bits per heavy atom. The number of allylic oxidation sites excluding steroid dienone is 2. The first kappa shape index (κ1) is 54.4. The minimum absolute atomic E-state index is 0.161. The monoisotopic (exact) mass is 849 g/mol. The number of esters is 2. The van der Waals surface area contributed by atoms with Crippen molar-refractivity contribution in [3.63, 3.8) is 0 Å². The molecule has 6 atom stereocenters. The molecule has 1 heterocycles. The van der Waals surface area contributed by atoms with Gasteiger partial charge in [-0.25, -0.2) is 0 Å². The zero-order chi connectivity index (χ0) is 42.7. The van der Waals surface area contributed by atoms with Gasteiger partial charge in [-0.1, -0.05) is 174 Å². The van der Waals surface area contributed by atoms with Crippen LogP contribution in [0.15, 0.2) is 12.2 Å². The molecule has 0 aromatic carbocycles. The standard InChI is InChI=1S/C45H84O12S/c1-3-5-7-9-11-12-13-14-15-16-17-18-19-20-21-22-23-24-25-26-28-29-31-33-40(46)54-35-38(56-41(47)34-32-30-27-10-8-6-4-2)36-55-45-44(50)43(49)42(48)39(57-45)37-58(51,52)53/h26,28,38-39,42-45,48-50H,3-25,27,29-37H2,1-2H3,(H,51,52,53)/b28-26+/t38-,39+,42+,43?,44?,45-/m1/s1. The van der Waals surface area contributed by atoms with Crippen molar-refractivity contribution >= 4 is 22.1 Å². The van der Waals surface area contributed by atoms with Gasteiger partial charge in [0.15, 0.2) is 12.4 Å². The Kier molecular flexibility index (Phi) is 33.8. The van der Waals surface area contributed by atoms with Crippen LogP contribution in [-0.2, 0) is 38.7 Å². The van der Waals surface area contributed by atoms with Gasteiger partial charge >= 0.3 is 11.9 Å². The first-order valence-corrected chi connectivity index (χ1v) is 24.9. The van der Waals surface area contributed by atoms with Crippen molar-refractivity contribution in [2.45, 2.75) is 243 Å². The summed E-state index contributed by atoms with van der Waals surface area (Å²) in [6.45, 7) is 3.69. The van der Waals surface area contributed by atoms with Gasteiger partial charge in [-0.2, -0.15) is 8.42 Å². The van der Waals surface area contributed by atoms with Crippen molar-refractivity contribution in [1.29, 1.82) is 0 Å². The second-order valence-corrected chi connectivity index (χ2v) is 17.9. The van der Waals surface area contributed by atoms with Gasteiger partial charge in [0.25, 0.3) is 10.1 Å². The van der Waals surface area contributed by atoms with Crippen LogP contribution in [0.25, 0.3) is 0 Å². The highest BCUT2D eigenvalue weighted by molar-refractivity contribution is 7.85. The van der Waals surface area contributed by atoms with E-state index in [4.69, 9.17) is 18.9 Å². The lowest BCUT2D eigenvalue weighted by atomic mass is 10.00. The van der Waals surface area contributed by atoms with Crippen molar-refractivity contribution in [3.8, 4) is 0 Å². The highest BCUT2D eigenvalue weighted by atomic mass is 32.2. The number of rotatable bonds is 39. The second-order valence-electron chi connectivity index (χ2n) is 16.4. The number of aliphatic hydroxyl groups is 3. The Bertz CT molecular complexity index is 1130. The lowest BCUT2D eigenvalue weighted by Crippen LogP contribution is -2.60. The third kappa shape index (κ3) is 30.4. The molecule has 1 saturated heterocycles. The third-order valence-electron chi connectivity index (χ3n) is 10.8. The molecule has 0 spiro atoms. The van der Waals surface area contributed by atoms with Crippen LogP contribution in [0.5, 0.6) is 0 Å². The maximum atomic E-state index is 12.7. The van der Waals surface area contributed by atoms with Crippen LogP contribution >= 0.6 is 0 Å². The number of hydrogen-bond acceptors (Lipinski definition) is 11. The fourth-order valence-corrected chi connectivity index (χ4v) is 7.90. The van der Waals surface area contributed by atoms with E-state index < -0.39 is 71.2 Å². The Labute approximate surface area is 352 Å². The number of hydrogen-bond donors (Lipinski definition) is 4. The van der Waals surface area contributed by atoms with E-state index in [2.05, 4.69) is 26.0 Å². The number of aliphatic hydroxyl groups excluding tert-OH is 3. The van der Waals surface area contributed by atoms with E-state index in [-0.39, 0.29) is 19.4 Å². The molecular weight excluding hydrogens is 765 g/mol. The Hall–Kier alpha value is -1.61. The second kappa shape index (κ2) is 36.1. The molecule has 1 aliphatic heterocycles. The van der Waals surface area contributed by atoms with E-state index in [9.17, 15) is 37.9 Å². The molecule has 13 heteroatoms. The number of unbranched alkanes of at least 4 members (excludes halogenated alkanes) is 25. The molecule has 1 aliphatic rings. The molecule has 0 aliphatic carbocycles. The van der Waals surface area contributed by atoms with Crippen LogP contribution in [0.1, 0.15) is 206 Å². The lowest BCUT2D eigenvalue weighted by molar-refractivity contribution is -0.297. The maximum absolute atomic E-state index is 12.7. The Morgan fingerprint density at radius 2 is 1.00 bits per heavy atom. The molecule has 0 saturated carbocycles. The van der Waals surface area contributed by atoms with Crippen LogP contribution < -0.4 is 0 Å². The van der Waals surface area contributed by atoms with Gasteiger partial charge in [0.2, 0.25) is 0 Å². The van der Waals surface area contributed by atoms with E-state index in [1.54, 1.807) is 0 Å². The highest BCUT2D eigenvalue weighted by Gasteiger charge is 2.46. The van der Waals surface area contributed by atoms with Crippen molar-refractivity contribution in [2.75, 3.05) is 19.0 Å². The summed E-state index contributed by atoms with van der Waals surface area (Å²) in [5, 5.41) is 30.8. The third-order valence-corrected chi connectivity index (χ3v) is 11.6. The molecule has 342 valence electrons. The highest BCUT2D eigenvalue weighted by Crippen LogP contribution is 2.24. The summed E-state index contributed by atoms with van der Waals surface area (Å²) in [4.78, 5) is 25.2. The summed E-state index contributed by atoms with van der Waals surface area (Å²) in [7, 11) is -4.60. The minimum atomic E-state index is -4.60. The topological polar surface area (TPSA) is 186 Å². The lowest BCUT2D eigenvalue weighted by Gasteiger charge is -2.40. The van der Waals surface area contributed by atoms with E-state index in [1.807, 2.05) is 0 Å². The van der Waals surface area contributed by atoms with E-state index in [0.29, 0.717) is 12.8 Å². The molecule has 4 N–H and O–H groups in total. The molecule has 1 rings (SSSR count). The summed E-state index contributed by atoms with van der Waals surface area (Å²) < 4.78 is 53.8. The van der Waals surface area contributed by atoms with Crippen molar-refractivity contribution in [3.05, 3.63) is 12.2 Å². The molecule has 0 aromatic rings. The summed E-state index contributed by atoms with van der Waals surface area (Å²) in [5.41, 5.74) is 0. The minimum Gasteiger partial charge on any atom is -0.462 e. The first-order valence-electron chi connectivity index (χ1n) is 23.2. The SMILES string of the molecule is CCCCCCCCCCCCCCCCCCCC/C=C/CCCC(=O)OC[C@H](CO[C@@H]1O[C@@H](CS(=O)(=O)O)[C@H](O)C(O)C1O)OC(=O)CCCCCCCCC. The van der Waals surface area contributed by atoms with Gasteiger partial charge < -0.3 is 34.3 Å². The van der Waals surface area contributed by atoms with Gasteiger partial charge in [-0.15, -0.1) is 0 Å². The largest absolute Gasteiger partial charge is 0.462 e. The van der Waals surface area contributed by atoms with Gasteiger partial charge in [0.1, 0.15) is 36.8 Å². The zero-order valence-corrected chi connectivity index (χ0v) is 37.2. The van der Waals surface area contributed by atoms with Gasteiger partial charge in [0, 0.05) is 12.8 Å². The van der Waals surface area contributed by atoms with Gasteiger partial charge in [-0.3, -0.25) is 14.1 Å². The van der Waals surface area contributed by atoms with E-state index in [1.165, 1.54) is 122 Å². The van der Waals surface area contributed by atoms with Crippen molar-refractivity contribution in [2.24, 2.45) is 0 Å². The fourth-order valence-electron chi connectivity index (χ4n) is 7.21. The molecular formula is C45H84O12S. The predicted molar refractivity (Wildman–Crippen MR) is 229 cm³/mol. The summed E-state index contributed by atoms with van der Waals surface area (Å²) in [5.74, 6) is -2.02. The van der Waals surface area contributed by atoms with Crippen molar-refractivity contribution in [1.82, 2.24) is 0 Å². The first-order chi connectivity index (χ1) is 28.0. The normalized spacial score (nSPS) is 20.4. The molecule has 2 unspecified atom stereocenters. The molecule has 0 amide bonds. The molecule has 1 fully saturated rings. The smallest absolute Gasteiger partial charge is 0.306 e. The van der Waals surface area contributed by atoms with Crippen LogP contribution in [0.4, 0.5) is 0 Å². The van der Waals surface area contributed by atoms with Crippen LogP contribution in [-0.4, -0.2) is 96.0 Å². The summed E-state index contributed by atoms with van der Waals surface area (Å²) in [6, 6.07) is 0. The van der Waals surface area contributed by atoms with Crippen molar-refractivity contribution < 1.29 is 56.8 Å². The summed E-state index contributed by atoms with van der Waals surface area (Å²) in [6.07, 6.45) is 28.9. The molecule has 0 bridgehead atoms. The van der Waals surface area contributed by atoms with E-state index >= 15 is 0 Å². The number of carbonyl (C=O) groups is 2. The van der Waals surface area contributed by atoms with Crippen LogP contribution in [0.2, 0.25) is 0 Å². The quantitative estimate of drug-likeness (QED) is 0.0199. The predicted octanol–water partition coefficient (Wildman–Crippen LogP) is 9.45. The summed E-state index contributed by atoms with van der Waals surface area (Å²) >= 11 is 0. The maximum Gasteiger partial charge on any atom is 0.306 e. The molecule has 0 aromatic heterocycles. The average molecular weight is 849 g/mol. The van der Waals surface area contributed by atoms with Crippen LogP contribution in [0.3, 0.4) is 0 Å². The van der Waals surface area contributed by atoms with Gasteiger partial charge in [0.05, 0.1) is 6.61 Å². The zero-order valence-electron chi connectivity index (χ0n) is 36.4. The Morgan fingerprint density at radius 3 is 1.48 bits per heavy atom. The Balaban J connectivity index is 2.29. The molecule has 58 heavy (non-hydrogen) atoms. The van der Waals surface area contributed by atoms with E-state index in [0.717, 1.165) is 44.9 Å². The number of ether oxygens (including phenoxy) is 4. The molecule has 12 nitrogen and oxygen atoms in total. The fraction of sp³-hybridized carbons (Fsp3) is 0.911.